The fourth-order valence-electron chi connectivity index (χ4n) is 2.14. The Labute approximate surface area is 117 Å². The SMILES string of the molecule is CCCCCCCOc1ccc(C(CC)NC)nc1. The zero-order valence-corrected chi connectivity index (χ0v) is 12.6. The molecule has 0 amide bonds. The molecule has 1 aromatic rings. The highest BCUT2D eigenvalue weighted by Crippen LogP contribution is 2.17. The van der Waals surface area contributed by atoms with Crippen molar-refractivity contribution in [1.29, 1.82) is 0 Å². The number of rotatable bonds is 10. The predicted octanol–water partition coefficient (Wildman–Crippen LogP) is 4.10. The largest absolute Gasteiger partial charge is 0.492 e. The Hall–Kier alpha value is -1.09. The van der Waals surface area contributed by atoms with Crippen molar-refractivity contribution in [2.45, 2.75) is 58.4 Å². The third-order valence-electron chi connectivity index (χ3n) is 3.39. The Balaban J connectivity index is 2.28. The van der Waals surface area contributed by atoms with E-state index in [-0.39, 0.29) is 0 Å². The van der Waals surface area contributed by atoms with Crippen molar-refractivity contribution in [2.75, 3.05) is 13.7 Å². The molecule has 0 saturated heterocycles. The third kappa shape index (κ3) is 6.06. The molecule has 0 aromatic carbocycles. The second kappa shape index (κ2) is 9.79. The summed E-state index contributed by atoms with van der Waals surface area (Å²) in [5, 5.41) is 3.26. The normalized spacial score (nSPS) is 12.4. The van der Waals surface area contributed by atoms with Gasteiger partial charge in [0.1, 0.15) is 5.75 Å². The number of pyridine rings is 1. The third-order valence-corrected chi connectivity index (χ3v) is 3.39. The monoisotopic (exact) mass is 264 g/mol. The van der Waals surface area contributed by atoms with E-state index in [4.69, 9.17) is 4.74 Å². The smallest absolute Gasteiger partial charge is 0.137 e. The molecular formula is C16H28N2O. The van der Waals surface area contributed by atoms with Crippen LogP contribution in [0.15, 0.2) is 18.3 Å². The number of nitrogens with one attached hydrogen (secondary N) is 1. The summed E-state index contributed by atoms with van der Waals surface area (Å²) in [6.45, 7) is 5.19. The number of aromatic nitrogens is 1. The Morgan fingerprint density at radius 1 is 1.16 bits per heavy atom. The van der Waals surface area contributed by atoms with Gasteiger partial charge >= 0.3 is 0 Å². The molecule has 1 aromatic heterocycles. The Kier molecular flexibility index (Phi) is 8.23. The lowest BCUT2D eigenvalue weighted by atomic mass is 10.1. The summed E-state index contributed by atoms with van der Waals surface area (Å²) < 4.78 is 5.71. The lowest BCUT2D eigenvalue weighted by Gasteiger charge is -2.13. The lowest BCUT2D eigenvalue weighted by molar-refractivity contribution is 0.303. The first kappa shape index (κ1) is 16.0. The van der Waals surface area contributed by atoms with Gasteiger partial charge in [0.15, 0.2) is 0 Å². The molecule has 108 valence electrons. The molecule has 0 aliphatic rings. The molecule has 1 unspecified atom stereocenters. The minimum Gasteiger partial charge on any atom is -0.492 e. The summed E-state index contributed by atoms with van der Waals surface area (Å²) in [6, 6.07) is 4.41. The average molecular weight is 264 g/mol. The van der Waals surface area contributed by atoms with Crippen LogP contribution in [0.4, 0.5) is 0 Å². The van der Waals surface area contributed by atoms with Gasteiger partial charge in [-0.05, 0) is 32.0 Å². The van der Waals surface area contributed by atoms with Crippen LogP contribution in [0.25, 0.3) is 0 Å². The maximum absolute atomic E-state index is 5.71. The van der Waals surface area contributed by atoms with Crippen molar-refractivity contribution in [3.63, 3.8) is 0 Å². The van der Waals surface area contributed by atoms with E-state index in [2.05, 4.69) is 30.2 Å². The van der Waals surface area contributed by atoms with Crippen molar-refractivity contribution in [3.8, 4) is 5.75 Å². The van der Waals surface area contributed by atoms with Crippen LogP contribution in [0.3, 0.4) is 0 Å². The highest BCUT2D eigenvalue weighted by molar-refractivity contribution is 5.21. The molecule has 1 rings (SSSR count). The summed E-state index contributed by atoms with van der Waals surface area (Å²) in [5.74, 6) is 0.880. The number of hydrogen-bond acceptors (Lipinski definition) is 3. The highest BCUT2D eigenvalue weighted by Gasteiger charge is 2.07. The molecule has 1 heterocycles. The second-order valence-corrected chi connectivity index (χ2v) is 4.93. The fourth-order valence-corrected chi connectivity index (χ4v) is 2.14. The van der Waals surface area contributed by atoms with Crippen LogP contribution < -0.4 is 10.1 Å². The van der Waals surface area contributed by atoms with E-state index < -0.39 is 0 Å². The van der Waals surface area contributed by atoms with Gasteiger partial charge in [-0.25, -0.2) is 0 Å². The Morgan fingerprint density at radius 2 is 1.95 bits per heavy atom. The Bertz CT molecular complexity index is 320. The van der Waals surface area contributed by atoms with Gasteiger partial charge in [0.25, 0.3) is 0 Å². The number of ether oxygens (including phenoxy) is 1. The molecular weight excluding hydrogens is 236 g/mol. The number of hydrogen-bond donors (Lipinski definition) is 1. The first-order chi connectivity index (χ1) is 9.31. The molecule has 1 N–H and O–H groups in total. The van der Waals surface area contributed by atoms with Gasteiger partial charge in [-0.3, -0.25) is 4.98 Å². The minimum absolute atomic E-state index is 0.336. The average Bonchev–Trinajstić information content (AvgIpc) is 2.45. The molecule has 3 nitrogen and oxygen atoms in total. The quantitative estimate of drug-likeness (QED) is 0.646. The van der Waals surface area contributed by atoms with Crippen LogP contribution in [0, 0.1) is 0 Å². The standard InChI is InChI=1S/C16H28N2O/c1-4-6-7-8-9-12-19-14-10-11-16(18-13-14)15(5-2)17-3/h10-11,13,15,17H,4-9,12H2,1-3H3. The van der Waals surface area contributed by atoms with Crippen molar-refractivity contribution < 1.29 is 4.74 Å². The summed E-state index contributed by atoms with van der Waals surface area (Å²) >= 11 is 0. The number of nitrogens with zero attached hydrogens (tertiary/aromatic N) is 1. The molecule has 0 spiro atoms. The lowest BCUT2D eigenvalue weighted by Crippen LogP contribution is -2.16. The van der Waals surface area contributed by atoms with Crippen LogP contribution in [0.5, 0.6) is 5.75 Å². The van der Waals surface area contributed by atoms with E-state index in [9.17, 15) is 0 Å². The molecule has 19 heavy (non-hydrogen) atoms. The van der Waals surface area contributed by atoms with Crippen LogP contribution in [-0.4, -0.2) is 18.6 Å². The maximum Gasteiger partial charge on any atom is 0.137 e. The molecule has 1 atom stereocenters. The summed E-state index contributed by atoms with van der Waals surface area (Å²) in [4.78, 5) is 4.46. The van der Waals surface area contributed by atoms with Gasteiger partial charge in [-0.2, -0.15) is 0 Å². The van der Waals surface area contributed by atoms with Gasteiger partial charge in [0.2, 0.25) is 0 Å². The number of unbranched alkanes of at least 4 members (excludes halogenated alkanes) is 4. The van der Waals surface area contributed by atoms with E-state index >= 15 is 0 Å². The molecule has 0 bridgehead atoms. The second-order valence-electron chi connectivity index (χ2n) is 4.93. The van der Waals surface area contributed by atoms with E-state index in [1.54, 1.807) is 0 Å². The van der Waals surface area contributed by atoms with Crippen LogP contribution in [0.1, 0.15) is 64.1 Å². The molecule has 0 radical (unpaired) electrons. The minimum atomic E-state index is 0.336. The fraction of sp³-hybridized carbons (Fsp3) is 0.688. The Morgan fingerprint density at radius 3 is 2.53 bits per heavy atom. The van der Waals surface area contributed by atoms with Crippen molar-refractivity contribution in [2.24, 2.45) is 0 Å². The predicted molar refractivity (Wildman–Crippen MR) is 80.6 cm³/mol. The van der Waals surface area contributed by atoms with Gasteiger partial charge in [0, 0.05) is 6.04 Å². The summed E-state index contributed by atoms with van der Waals surface area (Å²) in [6.07, 6.45) is 9.21. The maximum atomic E-state index is 5.71. The van der Waals surface area contributed by atoms with E-state index in [1.807, 2.05) is 19.3 Å². The molecule has 0 saturated carbocycles. The summed E-state index contributed by atoms with van der Waals surface area (Å²) in [7, 11) is 1.97. The van der Waals surface area contributed by atoms with Crippen molar-refractivity contribution in [1.82, 2.24) is 10.3 Å². The van der Waals surface area contributed by atoms with E-state index in [1.165, 1.54) is 25.7 Å². The van der Waals surface area contributed by atoms with Gasteiger partial charge in [-0.15, -0.1) is 0 Å². The van der Waals surface area contributed by atoms with Gasteiger partial charge < -0.3 is 10.1 Å². The van der Waals surface area contributed by atoms with Crippen LogP contribution >= 0.6 is 0 Å². The van der Waals surface area contributed by atoms with Crippen molar-refractivity contribution in [3.05, 3.63) is 24.0 Å². The van der Waals surface area contributed by atoms with Crippen molar-refractivity contribution >= 4 is 0 Å². The zero-order chi connectivity index (χ0) is 13.9. The topological polar surface area (TPSA) is 34.1 Å². The van der Waals surface area contributed by atoms with Gasteiger partial charge in [-0.1, -0.05) is 39.5 Å². The summed E-state index contributed by atoms with van der Waals surface area (Å²) in [5.41, 5.74) is 1.08. The molecule has 0 fully saturated rings. The molecule has 0 aliphatic carbocycles. The first-order valence-corrected chi connectivity index (χ1v) is 7.57. The molecule has 3 heteroatoms. The van der Waals surface area contributed by atoms with E-state index in [0.29, 0.717) is 6.04 Å². The molecule has 0 aliphatic heterocycles. The first-order valence-electron chi connectivity index (χ1n) is 7.57. The van der Waals surface area contributed by atoms with Gasteiger partial charge in [0.05, 0.1) is 18.5 Å². The van der Waals surface area contributed by atoms with Crippen LogP contribution in [0.2, 0.25) is 0 Å². The van der Waals surface area contributed by atoms with Crippen LogP contribution in [-0.2, 0) is 0 Å². The highest BCUT2D eigenvalue weighted by atomic mass is 16.5. The zero-order valence-electron chi connectivity index (χ0n) is 12.6. The van der Waals surface area contributed by atoms with E-state index in [0.717, 1.165) is 30.9 Å².